The SMILES string of the molecule is COc1ccc(-c2c3n(c4c(=O)oc5cc(OS(=O)(=O)O)c(OC)cc5c24)[C@@H](O)Cc2c-3cc(OC)c(OC)c2OC)cc1O. The van der Waals surface area contributed by atoms with Crippen LogP contribution in [0.25, 0.3) is 44.3 Å². The van der Waals surface area contributed by atoms with Crippen molar-refractivity contribution >= 4 is 32.3 Å². The predicted octanol–water partition coefficient (Wildman–Crippen LogP) is 4.06. The maximum absolute atomic E-state index is 13.8. The van der Waals surface area contributed by atoms with Gasteiger partial charge in [-0.1, -0.05) is 6.07 Å². The fourth-order valence-corrected chi connectivity index (χ4v) is 6.31. The summed E-state index contributed by atoms with van der Waals surface area (Å²) in [5.74, 6) is 0.389. The van der Waals surface area contributed by atoms with Crippen LogP contribution in [0.4, 0.5) is 0 Å². The second-order valence-corrected chi connectivity index (χ2v) is 11.0. The van der Waals surface area contributed by atoms with Crippen LogP contribution in [0.2, 0.25) is 0 Å². The highest BCUT2D eigenvalue weighted by Crippen LogP contribution is 2.54. The summed E-state index contributed by atoms with van der Waals surface area (Å²) in [6.07, 6.45) is -1.29. The van der Waals surface area contributed by atoms with Gasteiger partial charge in [-0.3, -0.25) is 4.55 Å². The van der Waals surface area contributed by atoms with Crippen LogP contribution in [-0.4, -0.2) is 63.3 Å². The molecule has 0 unspecified atom stereocenters. The lowest BCUT2D eigenvalue weighted by Gasteiger charge is -2.29. The molecule has 0 saturated heterocycles. The average molecular weight is 642 g/mol. The van der Waals surface area contributed by atoms with Gasteiger partial charge in [0.1, 0.15) is 17.3 Å². The molecule has 3 aromatic carbocycles. The molecule has 2 aromatic heterocycles. The van der Waals surface area contributed by atoms with Gasteiger partial charge in [0.05, 0.1) is 41.2 Å². The van der Waals surface area contributed by atoms with Crippen LogP contribution >= 0.6 is 0 Å². The Hall–Kier alpha value is -5.12. The molecule has 15 heteroatoms. The molecule has 0 spiro atoms. The Morgan fingerprint density at radius 3 is 2.16 bits per heavy atom. The Morgan fingerprint density at radius 2 is 1.56 bits per heavy atom. The van der Waals surface area contributed by atoms with Crippen LogP contribution in [0.5, 0.6) is 40.2 Å². The highest BCUT2D eigenvalue weighted by Gasteiger charge is 2.36. The quantitative estimate of drug-likeness (QED) is 0.163. The number of nitrogens with zero attached hydrogens (tertiary/aromatic N) is 1. The van der Waals surface area contributed by atoms with E-state index in [-0.39, 0.29) is 45.5 Å². The molecule has 14 nitrogen and oxygen atoms in total. The molecular formula is C30H27NO13S. The number of benzene rings is 3. The van der Waals surface area contributed by atoms with Gasteiger partial charge in [0.2, 0.25) is 5.75 Å². The zero-order valence-electron chi connectivity index (χ0n) is 24.5. The predicted molar refractivity (Wildman–Crippen MR) is 160 cm³/mol. The number of aliphatic hydroxyl groups excluding tert-OH is 1. The van der Waals surface area contributed by atoms with E-state index in [1.807, 2.05) is 0 Å². The Morgan fingerprint density at radius 1 is 0.867 bits per heavy atom. The monoisotopic (exact) mass is 641 g/mol. The number of aliphatic hydroxyl groups is 1. The molecule has 45 heavy (non-hydrogen) atoms. The standard InChI is InChI=1S/C30H27NO13S/c1-38-18-7-6-13(8-17(18)32)24-25-16-10-20(39-2)21(44-45(35,36)37)12-19(16)43-30(34)27(25)31-23(33)11-15-14(26(24)31)9-22(40-3)29(42-5)28(15)41-4/h6-10,12,23,32-33H,11H2,1-5H3,(H,35,36,37)/t23-/m0/s1. The van der Waals surface area contributed by atoms with E-state index >= 15 is 0 Å². The third-order valence-electron chi connectivity index (χ3n) is 7.67. The van der Waals surface area contributed by atoms with Gasteiger partial charge in [0, 0.05) is 39.9 Å². The molecule has 1 aliphatic heterocycles. The van der Waals surface area contributed by atoms with Crippen molar-refractivity contribution in [3.8, 4) is 62.6 Å². The maximum atomic E-state index is 13.8. The number of ether oxygens (including phenoxy) is 5. The van der Waals surface area contributed by atoms with Gasteiger partial charge >= 0.3 is 16.0 Å². The fraction of sp³-hybridized carbons (Fsp3) is 0.233. The first-order valence-corrected chi connectivity index (χ1v) is 14.6. The van der Waals surface area contributed by atoms with Crippen molar-refractivity contribution in [1.82, 2.24) is 4.57 Å². The number of phenolic OH excluding ortho intramolecular Hbond substituents is 1. The molecular weight excluding hydrogens is 614 g/mol. The van der Waals surface area contributed by atoms with Gasteiger partial charge in [0.25, 0.3) is 0 Å². The van der Waals surface area contributed by atoms with Crippen molar-refractivity contribution in [1.29, 1.82) is 0 Å². The minimum atomic E-state index is -4.97. The highest BCUT2D eigenvalue weighted by atomic mass is 32.3. The van der Waals surface area contributed by atoms with E-state index in [9.17, 15) is 28.0 Å². The molecule has 0 fully saturated rings. The Kier molecular flexibility index (Phi) is 7.18. The van der Waals surface area contributed by atoms with Gasteiger partial charge in [0.15, 0.2) is 34.5 Å². The summed E-state index contributed by atoms with van der Waals surface area (Å²) in [6, 6.07) is 8.82. The van der Waals surface area contributed by atoms with E-state index in [1.54, 1.807) is 18.2 Å². The molecule has 0 bridgehead atoms. The summed E-state index contributed by atoms with van der Waals surface area (Å²) in [6.45, 7) is 0. The third kappa shape index (κ3) is 4.63. The number of hydrogen-bond acceptors (Lipinski definition) is 12. The first-order valence-electron chi connectivity index (χ1n) is 13.2. The first kappa shape index (κ1) is 29.9. The van der Waals surface area contributed by atoms with Crippen molar-refractivity contribution < 1.29 is 55.5 Å². The molecule has 236 valence electrons. The average Bonchev–Trinajstić information content (AvgIpc) is 3.37. The number of aromatic nitrogens is 1. The third-order valence-corrected chi connectivity index (χ3v) is 8.06. The number of methoxy groups -OCH3 is 5. The van der Waals surface area contributed by atoms with E-state index in [2.05, 4.69) is 4.18 Å². The van der Waals surface area contributed by atoms with E-state index in [1.165, 1.54) is 52.2 Å². The Bertz CT molecular complexity index is 2180. The van der Waals surface area contributed by atoms with E-state index in [0.29, 0.717) is 45.2 Å². The lowest BCUT2D eigenvalue weighted by atomic mass is 9.90. The molecule has 0 radical (unpaired) electrons. The van der Waals surface area contributed by atoms with Gasteiger partial charge in [-0.25, -0.2) is 4.79 Å². The molecule has 0 amide bonds. The molecule has 1 aliphatic rings. The number of aromatic hydroxyl groups is 1. The van der Waals surface area contributed by atoms with Crippen LogP contribution in [0.1, 0.15) is 11.8 Å². The topological polar surface area (TPSA) is 185 Å². The molecule has 3 N–H and O–H groups in total. The number of fused-ring (bicyclic) bond motifs is 7. The van der Waals surface area contributed by atoms with E-state index < -0.39 is 28.0 Å². The van der Waals surface area contributed by atoms with Crippen molar-refractivity contribution in [2.45, 2.75) is 12.6 Å². The minimum absolute atomic E-state index is 0.00484. The first-order chi connectivity index (χ1) is 21.5. The van der Waals surface area contributed by atoms with E-state index in [4.69, 9.17) is 28.1 Å². The summed E-state index contributed by atoms with van der Waals surface area (Å²) < 4.78 is 71.6. The lowest BCUT2D eigenvalue weighted by Crippen LogP contribution is -2.21. The second kappa shape index (κ2) is 10.8. The molecule has 0 saturated carbocycles. The molecule has 6 rings (SSSR count). The summed E-state index contributed by atoms with van der Waals surface area (Å²) >= 11 is 0. The van der Waals surface area contributed by atoms with Crippen molar-refractivity contribution in [3.05, 3.63) is 52.4 Å². The van der Waals surface area contributed by atoms with Crippen LogP contribution in [-0.2, 0) is 16.8 Å². The largest absolute Gasteiger partial charge is 0.504 e. The Labute approximate surface area is 255 Å². The van der Waals surface area contributed by atoms with Crippen LogP contribution < -0.4 is 33.5 Å². The van der Waals surface area contributed by atoms with Crippen LogP contribution in [0.3, 0.4) is 0 Å². The number of hydrogen-bond donors (Lipinski definition) is 3. The van der Waals surface area contributed by atoms with Crippen molar-refractivity contribution in [2.75, 3.05) is 35.5 Å². The van der Waals surface area contributed by atoms with Crippen LogP contribution in [0.15, 0.2) is 45.6 Å². The number of rotatable bonds is 8. The summed E-state index contributed by atoms with van der Waals surface area (Å²) in [7, 11) is 2.07. The smallest absolute Gasteiger partial charge is 0.446 e. The molecule has 1 atom stereocenters. The maximum Gasteiger partial charge on any atom is 0.446 e. The molecule has 3 heterocycles. The fourth-order valence-electron chi connectivity index (χ4n) is 5.95. The van der Waals surface area contributed by atoms with Crippen molar-refractivity contribution in [3.63, 3.8) is 0 Å². The van der Waals surface area contributed by atoms with Gasteiger partial charge < -0.3 is 47.1 Å². The van der Waals surface area contributed by atoms with Gasteiger partial charge in [-0.15, -0.1) is 0 Å². The summed E-state index contributed by atoms with van der Waals surface area (Å²) in [5.41, 5.74) is 1.24. The van der Waals surface area contributed by atoms with E-state index in [0.717, 1.165) is 6.07 Å². The molecule has 5 aromatic rings. The van der Waals surface area contributed by atoms with Gasteiger partial charge in [-0.2, -0.15) is 8.42 Å². The summed E-state index contributed by atoms with van der Waals surface area (Å²) in [5, 5.41) is 23.0. The van der Waals surface area contributed by atoms with Gasteiger partial charge in [-0.05, 0) is 29.8 Å². The van der Waals surface area contributed by atoms with Crippen molar-refractivity contribution in [2.24, 2.45) is 0 Å². The highest BCUT2D eigenvalue weighted by molar-refractivity contribution is 7.81. The number of phenols is 1. The molecule has 0 aliphatic carbocycles. The minimum Gasteiger partial charge on any atom is -0.504 e. The zero-order chi connectivity index (χ0) is 32.4. The second-order valence-electron chi connectivity index (χ2n) is 9.96. The lowest BCUT2D eigenvalue weighted by molar-refractivity contribution is 0.106. The normalized spacial score (nSPS) is 14.2. The summed E-state index contributed by atoms with van der Waals surface area (Å²) in [4.78, 5) is 13.8. The zero-order valence-corrected chi connectivity index (χ0v) is 25.3. The Balaban J connectivity index is 1.85. The van der Waals surface area contributed by atoms with Crippen LogP contribution in [0, 0.1) is 0 Å².